The van der Waals surface area contributed by atoms with Crippen LogP contribution in [0.2, 0.25) is 0 Å². The fourth-order valence-electron chi connectivity index (χ4n) is 3.55. The molecule has 1 aromatic heterocycles. The van der Waals surface area contributed by atoms with Crippen molar-refractivity contribution in [3.63, 3.8) is 0 Å². The molecule has 34 heavy (non-hydrogen) atoms. The fourth-order valence-corrected chi connectivity index (χ4v) is 3.55. The number of rotatable bonds is 2. The molecule has 0 amide bonds. The van der Waals surface area contributed by atoms with Gasteiger partial charge in [-0.2, -0.15) is 17.7 Å². The smallest absolute Gasteiger partial charge is 0.485 e. The molecule has 0 spiro atoms. The second-order valence-electron chi connectivity index (χ2n) is 7.48. The molecule has 0 radical (unpaired) electrons. The number of hydrogen-bond acceptors (Lipinski definition) is 5. The summed E-state index contributed by atoms with van der Waals surface area (Å²) in [5.41, 5.74) is -1.13. The largest absolute Gasteiger partial charge is 0.741 e. The minimum Gasteiger partial charge on any atom is -0.741 e. The summed E-state index contributed by atoms with van der Waals surface area (Å²) in [6.45, 7) is 3.91. The summed E-state index contributed by atoms with van der Waals surface area (Å²) < 4.78 is 66.9. The molecule has 0 bridgehead atoms. The van der Waals surface area contributed by atoms with Crippen LogP contribution in [0.4, 0.5) is 13.2 Å². The maximum Gasteiger partial charge on any atom is 0.485 e. The normalized spacial score (nSPS) is 11.7. The lowest BCUT2D eigenvalue weighted by Crippen LogP contribution is -2.31. The lowest BCUT2D eigenvalue weighted by Gasteiger charge is -2.13. The number of carbonyl (C=O) groups excluding carboxylic acids is 1. The first-order valence-electron chi connectivity index (χ1n) is 9.93. The third-order valence-electron chi connectivity index (χ3n) is 5.16. The van der Waals surface area contributed by atoms with Gasteiger partial charge in [0.15, 0.2) is 10.1 Å². The van der Waals surface area contributed by atoms with Gasteiger partial charge in [-0.3, -0.25) is 0 Å². The summed E-state index contributed by atoms with van der Waals surface area (Å²) in [6, 6.07) is 21.7. The number of carbonyl (C=O) groups is 1. The summed E-state index contributed by atoms with van der Waals surface area (Å²) in [5.74, 6) is 0.314. The molecule has 0 fully saturated rings. The number of esters is 1. The second kappa shape index (κ2) is 9.40. The van der Waals surface area contributed by atoms with Gasteiger partial charge >= 0.3 is 11.5 Å². The number of alkyl halides is 3. The summed E-state index contributed by atoms with van der Waals surface area (Å²) in [5, 5.41) is 1.79. The number of aromatic nitrogens is 1. The van der Waals surface area contributed by atoms with Crippen LogP contribution < -0.4 is 9.30 Å². The van der Waals surface area contributed by atoms with Crippen molar-refractivity contribution in [1.82, 2.24) is 0 Å². The number of pyridine rings is 1. The molecule has 4 aromatic rings. The van der Waals surface area contributed by atoms with Crippen LogP contribution in [-0.4, -0.2) is 24.4 Å². The topological polar surface area (TPSA) is 87.4 Å². The van der Waals surface area contributed by atoms with Gasteiger partial charge in [-0.15, -0.1) is 0 Å². The van der Waals surface area contributed by atoms with Crippen molar-refractivity contribution < 1.29 is 40.2 Å². The fraction of sp³-hybridized carbons (Fsp3) is 0.167. The zero-order chi connectivity index (χ0) is 25.3. The highest BCUT2D eigenvalue weighted by Gasteiger charge is 2.37. The van der Waals surface area contributed by atoms with Crippen LogP contribution in [0.15, 0.2) is 66.7 Å². The van der Waals surface area contributed by atoms with E-state index in [1.165, 1.54) is 0 Å². The van der Waals surface area contributed by atoms with Gasteiger partial charge in [0.1, 0.15) is 12.8 Å². The van der Waals surface area contributed by atoms with Crippen molar-refractivity contribution in [3.8, 4) is 5.75 Å². The minimum absolute atomic E-state index is 0.324. The van der Waals surface area contributed by atoms with Gasteiger partial charge in [0.2, 0.25) is 11.0 Å². The lowest BCUT2D eigenvalue weighted by atomic mass is 10.0. The number of halogens is 3. The Labute approximate surface area is 194 Å². The van der Waals surface area contributed by atoms with Crippen LogP contribution in [0.1, 0.15) is 21.5 Å². The van der Waals surface area contributed by atoms with E-state index in [1.54, 1.807) is 0 Å². The van der Waals surface area contributed by atoms with E-state index in [-0.39, 0.29) is 5.97 Å². The average Bonchev–Trinajstić information content (AvgIpc) is 2.76. The van der Waals surface area contributed by atoms with Crippen molar-refractivity contribution in [3.05, 3.63) is 83.4 Å². The molecule has 0 saturated heterocycles. The molecular weight excluding hydrogens is 471 g/mol. The zero-order valence-corrected chi connectivity index (χ0v) is 19.2. The van der Waals surface area contributed by atoms with Crippen molar-refractivity contribution in [1.29, 1.82) is 0 Å². The Morgan fingerprint density at radius 3 is 1.68 bits per heavy atom. The molecule has 10 heteroatoms. The van der Waals surface area contributed by atoms with Crippen molar-refractivity contribution in [2.24, 2.45) is 7.05 Å². The number of para-hydroxylation sites is 3. The highest BCUT2D eigenvalue weighted by atomic mass is 32.2. The van der Waals surface area contributed by atoms with E-state index in [0.29, 0.717) is 11.3 Å². The van der Waals surface area contributed by atoms with Crippen LogP contribution in [0.25, 0.3) is 21.8 Å². The Kier molecular flexibility index (Phi) is 6.94. The van der Waals surface area contributed by atoms with Crippen LogP contribution in [0.3, 0.4) is 0 Å². The van der Waals surface area contributed by atoms with Gasteiger partial charge in [-0.05, 0) is 37.1 Å². The monoisotopic (exact) mass is 491 g/mol. The van der Waals surface area contributed by atoms with Gasteiger partial charge < -0.3 is 9.29 Å². The van der Waals surface area contributed by atoms with Crippen LogP contribution in [-0.2, 0) is 17.2 Å². The molecule has 6 nitrogen and oxygen atoms in total. The van der Waals surface area contributed by atoms with Crippen molar-refractivity contribution >= 4 is 37.9 Å². The van der Waals surface area contributed by atoms with E-state index in [9.17, 15) is 18.0 Å². The number of benzene rings is 3. The van der Waals surface area contributed by atoms with Crippen LogP contribution in [0, 0.1) is 13.8 Å². The molecular formula is C24H20F3NO5S. The Balaban J connectivity index is 0.000000350. The maximum atomic E-state index is 13.2. The quantitative estimate of drug-likeness (QED) is 0.101. The summed E-state index contributed by atoms with van der Waals surface area (Å²) >= 11 is 0. The van der Waals surface area contributed by atoms with Crippen molar-refractivity contribution in [2.45, 2.75) is 19.4 Å². The molecule has 0 atom stereocenters. The number of fused-ring (bicyclic) bond motifs is 2. The molecule has 178 valence electrons. The SMILES string of the molecule is Cc1cccc(C)c1OC(=O)c1c2ccccc2[n+](C)c2ccccc12.O=S(=O)([O-])C(F)(F)F. The van der Waals surface area contributed by atoms with Gasteiger partial charge in [-0.1, -0.05) is 42.5 Å². The van der Waals surface area contributed by atoms with Gasteiger partial charge in [-0.25, -0.2) is 13.2 Å². The zero-order valence-electron chi connectivity index (χ0n) is 18.4. The number of nitrogens with zero attached hydrogens (tertiary/aromatic N) is 1. The van der Waals surface area contributed by atoms with E-state index in [2.05, 4.69) is 4.57 Å². The molecule has 0 saturated carbocycles. The number of hydrogen-bond donors (Lipinski definition) is 0. The molecule has 0 N–H and O–H groups in total. The van der Waals surface area contributed by atoms with E-state index in [0.717, 1.165) is 32.9 Å². The summed E-state index contributed by atoms with van der Waals surface area (Å²) in [6.07, 6.45) is 0. The Bertz CT molecular complexity index is 1420. The van der Waals surface area contributed by atoms with Crippen LogP contribution in [0.5, 0.6) is 5.75 Å². The molecule has 0 aliphatic carbocycles. The highest BCUT2D eigenvalue weighted by molar-refractivity contribution is 7.86. The first-order valence-corrected chi connectivity index (χ1v) is 11.3. The lowest BCUT2D eigenvalue weighted by molar-refractivity contribution is -0.617. The first-order chi connectivity index (χ1) is 15.8. The Morgan fingerprint density at radius 1 is 0.853 bits per heavy atom. The predicted octanol–water partition coefficient (Wildman–Crippen LogP) is 4.70. The Hall–Kier alpha value is -3.50. The number of aryl methyl sites for hydroxylation is 3. The third-order valence-corrected chi connectivity index (χ3v) is 5.73. The predicted molar refractivity (Wildman–Crippen MR) is 119 cm³/mol. The molecule has 0 aliphatic heterocycles. The number of ether oxygens (including phenoxy) is 1. The van der Waals surface area contributed by atoms with E-state index < -0.39 is 15.6 Å². The minimum atomic E-state index is -6.09. The van der Waals surface area contributed by atoms with Gasteiger partial charge in [0.25, 0.3) is 0 Å². The third kappa shape index (κ3) is 5.02. The van der Waals surface area contributed by atoms with Gasteiger partial charge in [0, 0.05) is 12.1 Å². The Morgan fingerprint density at radius 2 is 1.26 bits per heavy atom. The second-order valence-corrected chi connectivity index (χ2v) is 8.85. The molecule has 0 aliphatic rings. The highest BCUT2D eigenvalue weighted by Crippen LogP contribution is 2.28. The van der Waals surface area contributed by atoms with E-state index in [1.807, 2.05) is 87.6 Å². The first kappa shape index (κ1) is 25.1. The summed E-state index contributed by atoms with van der Waals surface area (Å²) in [4.78, 5) is 13.2. The van der Waals surface area contributed by atoms with Crippen LogP contribution >= 0.6 is 0 Å². The molecule has 3 aromatic carbocycles. The molecule has 0 unspecified atom stereocenters. The summed E-state index contributed by atoms with van der Waals surface area (Å²) in [7, 11) is -4.07. The van der Waals surface area contributed by atoms with E-state index >= 15 is 0 Å². The van der Waals surface area contributed by atoms with E-state index in [4.69, 9.17) is 17.7 Å². The average molecular weight is 491 g/mol. The van der Waals surface area contributed by atoms with Gasteiger partial charge in [0.05, 0.1) is 16.3 Å². The van der Waals surface area contributed by atoms with Crippen molar-refractivity contribution in [2.75, 3.05) is 0 Å². The molecule has 1 heterocycles. The molecule has 4 rings (SSSR count). The maximum absolute atomic E-state index is 13.2. The standard InChI is InChI=1S/C23H20NO2.CHF3O3S/c1-15-9-8-10-16(2)22(15)26-23(25)21-17-11-4-6-13-19(17)24(3)20-14-7-5-12-18(20)21;2-1(3,4)8(5,6)7/h4-14H,1-3H3;(H,5,6,7)/q+1;/p-1.